The molecular weight excluding hydrogens is 491 g/mol. The number of ether oxygens (including phenoxy) is 1. The van der Waals surface area contributed by atoms with E-state index in [-0.39, 0.29) is 35.6 Å². The minimum atomic E-state index is -5.04. The van der Waals surface area contributed by atoms with Crippen molar-refractivity contribution >= 4 is 17.4 Å². The van der Waals surface area contributed by atoms with E-state index in [1.54, 1.807) is 5.32 Å². The number of amides is 1. The van der Waals surface area contributed by atoms with Crippen LogP contribution in [0.3, 0.4) is 0 Å². The molecule has 0 saturated carbocycles. The molecule has 3 rings (SSSR count). The molecule has 12 nitrogen and oxygen atoms in total. The first kappa shape index (κ1) is 26.6. The van der Waals surface area contributed by atoms with Crippen LogP contribution >= 0.6 is 0 Å². The van der Waals surface area contributed by atoms with Gasteiger partial charge in [-0.05, 0) is 18.2 Å². The molecule has 0 bridgehead atoms. The molecule has 15 heteroatoms. The molecule has 1 amide bonds. The third-order valence-electron chi connectivity index (χ3n) is 5.09. The van der Waals surface area contributed by atoms with Gasteiger partial charge in [-0.15, -0.1) is 0 Å². The lowest BCUT2D eigenvalue weighted by Crippen LogP contribution is -2.36. The number of aliphatic hydroxyl groups excluding tert-OH is 2. The Morgan fingerprint density at radius 3 is 2.72 bits per heavy atom. The molecule has 0 unspecified atom stereocenters. The summed E-state index contributed by atoms with van der Waals surface area (Å²) in [5.74, 6) is 2.70. The van der Waals surface area contributed by atoms with E-state index in [9.17, 15) is 38.0 Å². The van der Waals surface area contributed by atoms with Gasteiger partial charge in [0, 0.05) is 36.4 Å². The van der Waals surface area contributed by atoms with E-state index in [1.165, 1.54) is 24.4 Å². The third-order valence-corrected chi connectivity index (χ3v) is 5.09. The fourth-order valence-electron chi connectivity index (χ4n) is 3.30. The molecule has 0 spiro atoms. The number of aliphatic hydroxyl groups is 2. The third kappa shape index (κ3) is 6.56. The van der Waals surface area contributed by atoms with Gasteiger partial charge in [-0.2, -0.15) is 18.2 Å². The molecular formula is C21H20F3N5O7. The fourth-order valence-corrected chi connectivity index (χ4v) is 3.30. The number of hydrogen-bond acceptors (Lipinski definition) is 9. The molecule has 1 aliphatic heterocycles. The molecule has 36 heavy (non-hydrogen) atoms. The SMILES string of the molecule is O=C(NCC#Cc1ccc(CNc2ccn([C@H]3C[C@H](O)[C@@H](CO)O3)c(=O)n2)c([N+](=O)[O-])c1)C(F)(F)F. The van der Waals surface area contributed by atoms with E-state index >= 15 is 0 Å². The summed E-state index contributed by atoms with van der Waals surface area (Å²) in [6.07, 6.45) is -6.12. The number of nitrogens with one attached hydrogen (secondary N) is 2. The second kappa shape index (κ2) is 11.2. The summed E-state index contributed by atoms with van der Waals surface area (Å²) in [4.78, 5) is 37.7. The zero-order chi connectivity index (χ0) is 26.5. The smallest absolute Gasteiger partial charge is 0.394 e. The van der Waals surface area contributed by atoms with Crippen LogP contribution in [0.15, 0.2) is 35.3 Å². The van der Waals surface area contributed by atoms with Gasteiger partial charge in [0.05, 0.1) is 24.2 Å². The molecule has 3 atom stereocenters. The van der Waals surface area contributed by atoms with Gasteiger partial charge in [-0.25, -0.2) is 4.79 Å². The Bertz CT molecular complexity index is 1250. The predicted octanol–water partition coefficient (Wildman–Crippen LogP) is 0.434. The first-order chi connectivity index (χ1) is 17.0. The number of carbonyl (C=O) groups is 1. The number of carbonyl (C=O) groups excluding carboxylic acids is 1. The lowest BCUT2D eigenvalue weighted by Gasteiger charge is -2.15. The number of nitro benzene ring substituents is 1. The summed E-state index contributed by atoms with van der Waals surface area (Å²) in [5, 5.41) is 34.8. The average molecular weight is 511 g/mol. The van der Waals surface area contributed by atoms with E-state index in [0.717, 1.165) is 10.6 Å². The van der Waals surface area contributed by atoms with Crippen LogP contribution in [-0.4, -0.2) is 62.1 Å². The highest BCUT2D eigenvalue weighted by Crippen LogP contribution is 2.27. The van der Waals surface area contributed by atoms with Gasteiger partial charge < -0.3 is 25.6 Å². The molecule has 0 aliphatic carbocycles. The Hall–Kier alpha value is -4.00. The Morgan fingerprint density at radius 1 is 1.36 bits per heavy atom. The van der Waals surface area contributed by atoms with Crippen molar-refractivity contribution < 1.29 is 37.8 Å². The molecule has 2 heterocycles. The summed E-state index contributed by atoms with van der Waals surface area (Å²) in [6, 6.07) is 5.35. The monoisotopic (exact) mass is 511 g/mol. The van der Waals surface area contributed by atoms with Gasteiger partial charge in [0.25, 0.3) is 5.69 Å². The molecule has 1 saturated heterocycles. The minimum Gasteiger partial charge on any atom is -0.394 e. The van der Waals surface area contributed by atoms with E-state index in [1.807, 2.05) is 0 Å². The zero-order valence-electron chi connectivity index (χ0n) is 18.4. The molecule has 0 radical (unpaired) electrons. The Kier molecular flexibility index (Phi) is 8.25. The summed E-state index contributed by atoms with van der Waals surface area (Å²) < 4.78 is 43.0. The summed E-state index contributed by atoms with van der Waals surface area (Å²) in [7, 11) is 0. The number of aromatic nitrogens is 2. The van der Waals surface area contributed by atoms with Gasteiger partial charge in [0.15, 0.2) is 0 Å². The number of benzene rings is 1. The van der Waals surface area contributed by atoms with Crippen LogP contribution in [0.2, 0.25) is 0 Å². The van der Waals surface area contributed by atoms with Crippen LogP contribution in [0.4, 0.5) is 24.7 Å². The van der Waals surface area contributed by atoms with Gasteiger partial charge in [0.1, 0.15) is 18.1 Å². The highest BCUT2D eigenvalue weighted by molar-refractivity contribution is 5.81. The Labute approximate surface area is 200 Å². The summed E-state index contributed by atoms with van der Waals surface area (Å²) in [5.41, 5.74) is -0.666. The van der Waals surface area contributed by atoms with Gasteiger partial charge >= 0.3 is 17.8 Å². The maximum atomic E-state index is 12.4. The lowest BCUT2D eigenvalue weighted by molar-refractivity contribution is -0.385. The largest absolute Gasteiger partial charge is 0.471 e. The molecule has 4 N–H and O–H groups in total. The maximum absolute atomic E-state index is 12.4. The van der Waals surface area contributed by atoms with Crippen molar-refractivity contribution in [3.63, 3.8) is 0 Å². The van der Waals surface area contributed by atoms with Crippen LogP contribution in [0, 0.1) is 22.0 Å². The maximum Gasteiger partial charge on any atom is 0.471 e. The Morgan fingerprint density at radius 2 is 2.11 bits per heavy atom. The molecule has 1 aliphatic rings. The summed E-state index contributed by atoms with van der Waals surface area (Å²) >= 11 is 0. The van der Waals surface area contributed by atoms with Gasteiger partial charge in [-0.1, -0.05) is 11.8 Å². The van der Waals surface area contributed by atoms with Crippen LogP contribution in [0.5, 0.6) is 0 Å². The van der Waals surface area contributed by atoms with Crippen LogP contribution in [-0.2, 0) is 16.1 Å². The fraction of sp³-hybridized carbons (Fsp3) is 0.381. The second-order valence-electron chi connectivity index (χ2n) is 7.55. The standard InChI is InChI=1S/C21H20F3N5O7/c22-21(23,24)19(32)25-6-1-2-12-3-4-13(14(8-12)29(34)35)10-26-17-5-7-28(20(33)27-17)18-9-15(31)16(11-30)36-18/h3-5,7-8,15-16,18,30-31H,6,9-11H2,(H,25,32)(H,26,27,33)/t15-,16+,18+/m0/s1. The van der Waals surface area contributed by atoms with Gasteiger partial charge in [0.2, 0.25) is 0 Å². The number of alkyl halides is 3. The van der Waals surface area contributed by atoms with Gasteiger partial charge in [-0.3, -0.25) is 19.5 Å². The van der Waals surface area contributed by atoms with E-state index in [2.05, 4.69) is 22.1 Å². The van der Waals surface area contributed by atoms with Crippen LogP contribution in [0.1, 0.15) is 23.8 Å². The molecule has 1 fully saturated rings. The van der Waals surface area contributed by atoms with Crippen LogP contribution < -0.4 is 16.3 Å². The molecule has 192 valence electrons. The van der Waals surface area contributed by atoms with Crippen molar-refractivity contribution in [2.45, 2.75) is 37.6 Å². The predicted molar refractivity (Wildman–Crippen MR) is 116 cm³/mol. The van der Waals surface area contributed by atoms with Crippen molar-refractivity contribution in [2.75, 3.05) is 18.5 Å². The van der Waals surface area contributed by atoms with Crippen LogP contribution in [0.25, 0.3) is 0 Å². The number of halogens is 3. The molecule has 1 aromatic carbocycles. The van der Waals surface area contributed by atoms with Crippen molar-refractivity contribution in [1.82, 2.24) is 14.9 Å². The second-order valence-corrected chi connectivity index (χ2v) is 7.55. The highest BCUT2D eigenvalue weighted by Gasteiger charge is 2.38. The number of rotatable bonds is 7. The lowest BCUT2D eigenvalue weighted by atomic mass is 10.1. The summed E-state index contributed by atoms with van der Waals surface area (Å²) in [6.45, 7) is -1.09. The number of hydrogen-bond donors (Lipinski definition) is 4. The highest BCUT2D eigenvalue weighted by atomic mass is 19.4. The van der Waals surface area contributed by atoms with E-state index < -0.39 is 54.3 Å². The Balaban J connectivity index is 1.66. The topological polar surface area (TPSA) is 169 Å². The van der Waals surface area contributed by atoms with E-state index in [0.29, 0.717) is 0 Å². The number of nitro groups is 1. The zero-order valence-corrected chi connectivity index (χ0v) is 18.4. The van der Waals surface area contributed by atoms with Crippen molar-refractivity contribution in [1.29, 1.82) is 0 Å². The molecule has 2 aromatic rings. The van der Waals surface area contributed by atoms with Crippen molar-refractivity contribution in [3.8, 4) is 11.8 Å². The first-order valence-electron chi connectivity index (χ1n) is 10.4. The van der Waals surface area contributed by atoms with Crippen molar-refractivity contribution in [3.05, 3.63) is 62.2 Å². The average Bonchev–Trinajstić information content (AvgIpc) is 3.20. The van der Waals surface area contributed by atoms with E-state index in [4.69, 9.17) is 9.84 Å². The normalized spacial score (nSPS) is 19.3. The molecule has 1 aromatic heterocycles. The van der Waals surface area contributed by atoms with Crippen molar-refractivity contribution in [2.24, 2.45) is 0 Å². The number of nitrogens with zero attached hydrogens (tertiary/aromatic N) is 3. The minimum absolute atomic E-state index is 0.0899. The quantitative estimate of drug-likeness (QED) is 0.234. The number of anilines is 1. The first-order valence-corrected chi connectivity index (χ1v) is 10.4.